The highest BCUT2D eigenvalue weighted by molar-refractivity contribution is 7.89. The average molecular weight is 284 g/mol. The van der Waals surface area contributed by atoms with Gasteiger partial charge in [-0.3, -0.25) is 0 Å². The lowest BCUT2D eigenvalue weighted by Crippen LogP contribution is -2.45. The monoisotopic (exact) mass is 284 g/mol. The molecular formula is C13H18NO4S-. The molecule has 1 aromatic carbocycles. The van der Waals surface area contributed by atoms with Gasteiger partial charge in [0.1, 0.15) is 0 Å². The first-order valence-electron chi connectivity index (χ1n) is 5.88. The van der Waals surface area contributed by atoms with Crippen LogP contribution in [-0.4, -0.2) is 20.4 Å². The lowest BCUT2D eigenvalue weighted by molar-refractivity contribution is -0.307. The summed E-state index contributed by atoms with van der Waals surface area (Å²) in [5.74, 6) is -1.46. The summed E-state index contributed by atoms with van der Waals surface area (Å²) >= 11 is 0. The zero-order chi connectivity index (χ0) is 14.8. The summed E-state index contributed by atoms with van der Waals surface area (Å²) in [5.41, 5.74) is 0.924. The zero-order valence-electron chi connectivity index (χ0n) is 11.4. The third kappa shape index (κ3) is 4.04. The summed E-state index contributed by atoms with van der Waals surface area (Å²) < 4.78 is 25.9. The Morgan fingerprint density at radius 2 is 1.68 bits per heavy atom. The van der Waals surface area contributed by atoms with Crippen molar-refractivity contribution in [1.29, 1.82) is 0 Å². The van der Waals surface area contributed by atoms with Crippen LogP contribution in [0.3, 0.4) is 0 Å². The zero-order valence-corrected chi connectivity index (χ0v) is 12.2. The van der Waals surface area contributed by atoms with Crippen molar-refractivity contribution < 1.29 is 18.3 Å². The molecule has 6 heteroatoms. The Hall–Kier alpha value is -1.40. The van der Waals surface area contributed by atoms with E-state index in [4.69, 9.17) is 0 Å². The van der Waals surface area contributed by atoms with Crippen LogP contribution in [0.5, 0.6) is 0 Å². The number of carbonyl (C=O) groups excluding carboxylic acids is 1. The Bertz CT molecular complexity index is 555. The molecule has 0 aromatic heterocycles. The van der Waals surface area contributed by atoms with Gasteiger partial charge in [-0.15, -0.1) is 0 Å². The van der Waals surface area contributed by atoms with E-state index >= 15 is 0 Å². The van der Waals surface area contributed by atoms with E-state index in [2.05, 4.69) is 0 Å². The lowest BCUT2D eigenvalue weighted by atomic mass is 9.87. The number of nitrogens with one attached hydrogen (secondary N) is 1. The first kappa shape index (κ1) is 15.7. The molecule has 0 amide bonds. The molecule has 0 saturated heterocycles. The summed E-state index contributed by atoms with van der Waals surface area (Å²) in [6.45, 7) is 7.28. The minimum absolute atomic E-state index is 0.0357. The van der Waals surface area contributed by atoms with Crippen LogP contribution in [0.25, 0.3) is 0 Å². The van der Waals surface area contributed by atoms with Crippen LogP contribution in [0.15, 0.2) is 29.2 Å². The molecule has 0 bridgehead atoms. The van der Waals surface area contributed by atoms with Gasteiger partial charge >= 0.3 is 0 Å². The Kier molecular flexibility index (Phi) is 4.37. The maximum absolute atomic E-state index is 11.9. The summed E-state index contributed by atoms with van der Waals surface area (Å²) in [6, 6.07) is 5.10. The Labute approximate surface area is 113 Å². The predicted molar refractivity (Wildman–Crippen MR) is 69.9 cm³/mol. The third-order valence-corrected chi connectivity index (χ3v) is 4.27. The van der Waals surface area contributed by atoms with E-state index in [1.54, 1.807) is 12.1 Å². The van der Waals surface area contributed by atoms with Gasteiger partial charge in [-0.2, -0.15) is 0 Å². The van der Waals surface area contributed by atoms with Crippen LogP contribution in [0.1, 0.15) is 33.3 Å². The van der Waals surface area contributed by atoms with E-state index < -0.39 is 22.0 Å². The highest BCUT2D eigenvalue weighted by Gasteiger charge is 2.19. The number of carboxylic acid groups (broad SMARTS) is 1. The molecule has 1 N–H and O–H groups in total. The molecule has 1 aromatic rings. The van der Waals surface area contributed by atoms with E-state index in [-0.39, 0.29) is 10.3 Å². The number of benzene rings is 1. The van der Waals surface area contributed by atoms with Crippen molar-refractivity contribution in [1.82, 2.24) is 4.72 Å². The number of sulfonamides is 1. The second-order valence-electron chi connectivity index (χ2n) is 5.44. The van der Waals surface area contributed by atoms with Gasteiger partial charge in [0.25, 0.3) is 0 Å². The van der Waals surface area contributed by atoms with E-state index in [0.717, 1.165) is 5.56 Å². The van der Waals surface area contributed by atoms with E-state index in [1.807, 2.05) is 25.5 Å². The van der Waals surface area contributed by atoms with Gasteiger partial charge in [0.2, 0.25) is 10.0 Å². The maximum atomic E-state index is 11.9. The van der Waals surface area contributed by atoms with Gasteiger partial charge in [-0.05, 0) is 30.0 Å². The SMILES string of the molecule is C[C@@H](NS(=O)(=O)c1ccc(C(C)(C)C)cc1)C(=O)[O-]. The van der Waals surface area contributed by atoms with Gasteiger partial charge in [-0.25, -0.2) is 13.1 Å². The van der Waals surface area contributed by atoms with Crippen molar-refractivity contribution in [2.45, 2.75) is 44.0 Å². The highest BCUT2D eigenvalue weighted by atomic mass is 32.2. The van der Waals surface area contributed by atoms with E-state index in [9.17, 15) is 18.3 Å². The van der Waals surface area contributed by atoms with Gasteiger partial charge in [0.05, 0.1) is 16.9 Å². The molecule has 19 heavy (non-hydrogen) atoms. The fourth-order valence-corrected chi connectivity index (χ4v) is 2.68. The molecule has 5 nitrogen and oxygen atoms in total. The number of carboxylic acids is 1. The van der Waals surface area contributed by atoms with E-state index in [0.29, 0.717) is 0 Å². The smallest absolute Gasteiger partial charge is 0.241 e. The van der Waals surface area contributed by atoms with Gasteiger partial charge in [-0.1, -0.05) is 32.9 Å². The van der Waals surface area contributed by atoms with Crippen molar-refractivity contribution >= 4 is 16.0 Å². The normalized spacial score (nSPS) is 14.1. The fraction of sp³-hybridized carbons (Fsp3) is 0.462. The number of aliphatic carboxylic acids is 1. The Morgan fingerprint density at radius 3 is 2.05 bits per heavy atom. The fourth-order valence-electron chi connectivity index (χ4n) is 1.48. The molecule has 0 spiro atoms. The Balaban J connectivity index is 3.01. The molecular weight excluding hydrogens is 266 g/mol. The Morgan fingerprint density at radius 1 is 1.21 bits per heavy atom. The van der Waals surface area contributed by atoms with Crippen LogP contribution in [0.2, 0.25) is 0 Å². The molecule has 0 aliphatic carbocycles. The summed E-state index contributed by atoms with van der Waals surface area (Å²) in [7, 11) is -3.84. The van der Waals surface area contributed by atoms with Gasteiger partial charge in [0, 0.05) is 0 Å². The predicted octanol–water partition coefficient (Wildman–Crippen LogP) is 0.401. The molecule has 0 heterocycles. The van der Waals surface area contributed by atoms with Crippen LogP contribution in [-0.2, 0) is 20.2 Å². The topological polar surface area (TPSA) is 86.3 Å². The molecule has 0 radical (unpaired) electrons. The quantitative estimate of drug-likeness (QED) is 0.867. The van der Waals surface area contributed by atoms with Crippen molar-refractivity contribution in [3.63, 3.8) is 0 Å². The maximum Gasteiger partial charge on any atom is 0.241 e. The standard InChI is InChI=1S/C13H19NO4S/c1-9(12(15)16)14-19(17,18)11-7-5-10(6-8-11)13(2,3)4/h5-9,14H,1-4H3,(H,15,16)/p-1/t9-/m1/s1. The number of carbonyl (C=O) groups is 1. The minimum atomic E-state index is -3.84. The molecule has 0 unspecified atom stereocenters. The third-order valence-electron chi connectivity index (χ3n) is 2.72. The average Bonchev–Trinajstić information content (AvgIpc) is 2.27. The number of hydrogen-bond donors (Lipinski definition) is 1. The molecule has 0 aliphatic heterocycles. The molecule has 1 atom stereocenters. The first-order chi connectivity index (χ1) is 8.54. The highest BCUT2D eigenvalue weighted by Crippen LogP contribution is 2.23. The minimum Gasteiger partial charge on any atom is -0.548 e. The van der Waals surface area contributed by atoms with Crippen LogP contribution in [0.4, 0.5) is 0 Å². The van der Waals surface area contributed by atoms with Crippen molar-refractivity contribution in [2.75, 3.05) is 0 Å². The second-order valence-corrected chi connectivity index (χ2v) is 7.15. The summed E-state index contributed by atoms with van der Waals surface area (Å²) in [6.07, 6.45) is 0. The lowest BCUT2D eigenvalue weighted by Gasteiger charge is -2.19. The second kappa shape index (κ2) is 5.30. The van der Waals surface area contributed by atoms with Crippen LogP contribution >= 0.6 is 0 Å². The van der Waals surface area contributed by atoms with Gasteiger partial charge < -0.3 is 9.90 Å². The largest absolute Gasteiger partial charge is 0.548 e. The number of hydrogen-bond acceptors (Lipinski definition) is 4. The first-order valence-corrected chi connectivity index (χ1v) is 7.36. The molecule has 0 aliphatic rings. The molecule has 0 fully saturated rings. The van der Waals surface area contributed by atoms with E-state index in [1.165, 1.54) is 19.1 Å². The van der Waals surface area contributed by atoms with Crippen molar-refractivity contribution in [2.24, 2.45) is 0 Å². The number of rotatable bonds is 4. The molecule has 0 saturated carbocycles. The van der Waals surface area contributed by atoms with Crippen LogP contribution < -0.4 is 9.83 Å². The van der Waals surface area contributed by atoms with Crippen molar-refractivity contribution in [3.05, 3.63) is 29.8 Å². The van der Waals surface area contributed by atoms with Crippen molar-refractivity contribution in [3.8, 4) is 0 Å². The molecule has 1 rings (SSSR count). The summed E-state index contributed by atoms with van der Waals surface area (Å²) in [4.78, 5) is 10.6. The summed E-state index contributed by atoms with van der Waals surface area (Å²) in [5, 5.41) is 10.6. The molecule has 106 valence electrons. The van der Waals surface area contributed by atoms with Gasteiger partial charge in [0.15, 0.2) is 0 Å². The van der Waals surface area contributed by atoms with Crippen LogP contribution in [0, 0.1) is 0 Å².